The smallest absolute Gasteiger partial charge is 0.264 e. The molecule has 0 fully saturated rings. The zero-order valence-electron chi connectivity index (χ0n) is 25.8. The van der Waals surface area contributed by atoms with E-state index in [2.05, 4.69) is 5.32 Å². The van der Waals surface area contributed by atoms with Gasteiger partial charge < -0.3 is 19.7 Å². The Labute approximate surface area is 270 Å². The van der Waals surface area contributed by atoms with Gasteiger partial charge in [0.2, 0.25) is 11.8 Å². The fraction of sp³-hybridized carbons (Fsp3) is 0.375. The number of rotatable bonds is 14. The van der Waals surface area contributed by atoms with Crippen LogP contribution < -0.4 is 19.1 Å². The van der Waals surface area contributed by atoms with E-state index in [-0.39, 0.29) is 41.1 Å². The number of hydrogen-bond donors (Lipinski definition) is 1. The van der Waals surface area contributed by atoms with Crippen molar-refractivity contribution in [3.05, 3.63) is 81.8 Å². The zero-order valence-corrected chi connectivity index (χ0v) is 28.1. The van der Waals surface area contributed by atoms with E-state index in [1.807, 2.05) is 20.8 Å². The summed E-state index contributed by atoms with van der Waals surface area (Å²) in [6, 6.07) is 15.1. The summed E-state index contributed by atoms with van der Waals surface area (Å²) in [7, 11) is -1.44. The number of aryl methyl sites for hydroxylation is 1. The lowest BCUT2D eigenvalue weighted by Gasteiger charge is -2.33. The molecule has 0 heterocycles. The number of benzene rings is 3. The van der Waals surface area contributed by atoms with Crippen molar-refractivity contribution in [2.75, 3.05) is 31.6 Å². The Morgan fingerprint density at radius 3 is 2.18 bits per heavy atom. The van der Waals surface area contributed by atoms with Crippen molar-refractivity contribution in [3.8, 4) is 11.5 Å². The van der Waals surface area contributed by atoms with E-state index in [1.54, 1.807) is 49.4 Å². The molecule has 44 heavy (non-hydrogen) atoms. The van der Waals surface area contributed by atoms with Crippen LogP contribution in [0.5, 0.6) is 11.5 Å². The first kappa shape index (κ1) is 35.0. The SMILES string of the molecule is CC[C@H](C(=O)NCC(C)C)N(Cc1ccc(Cl)c(Cl)c1)C(=O)CN(c1cc(OC)ccc1OC)S(=O)(=O)c1ccc(C)cc1. The molecule has 1 N–H and O–H groups in total. The Kier molecular flexibility index (Phi) is 12.3. The van der Waals surface area contributed by atoms with E-state index in [0.717, 1.165) is 9.87 Å². The van der Waals surface area contributed by atoms with Crippen molar-refractivity contribution < 1.29 is 27.5 Å². The molecule has 3 aromatic carbocycles. The fourth-order valence-electron chi connectivity index (χ4n) is 4.52. The molecule has 12 heteroatoms. The maximum Gasteiger partial charge on any atom is 0.264 e. The monoisotopic (exact) mass is 663 g/mol. The Morgan fingerprint density at radius 2 is 1.61 bits per heavy atom. The Hall–Kier alpha value is -3.47. The van der Waals surface area contributed by atoms with Crippen LogP contribution in [0.15, 0.2) is 65.6 Å². The van der Waals surface area contributed by atoms with Gasteiger partial charge in [-0.15, -0.1) is 0 Å². The normalized spacial score (nSPS) is 12.0. The number of halogens is 2. The van der Waals surface area contributed by atoms with Crippen LogP contribution >= 0.6 is 23.2 Å². The van der Waals surface area contributed by atoms with Gasteiger partial charge in [0.25, 0.3) is 10.0 Å². The molecule has 0 radical (unpaired) electrons. The molecule has 0 saturated heterocycles. The summed E-state index contributed by atoms with van der Waals surface area (Å²) in [4.78, 5) is 29.1. The lowest BCUT2D eigenvalue weighted by Crippen LogP contribution is -2.52. The van der Waals surface area contributed by atoms with E-state index in [9.17, 15) is 18.0 Å². The third-order valence-corrected chi connectivity index (χ3v) is 9.46. The van der Waals surface area contributed by atoms with Gasteiger partial charge in [0, 0.05) is 19.2 Å². The number of amides is 2. The maximum absolute atomic E-state index is 14.3. The second-order valence-corrected chi connectivity index (χ2v) is 13.4. The van der Waals surface area contributed by atoms with Crippen molar-refractivity contribution in [2.45, 2.75) is 51.6 Å². The molecule has 0 saturated carbocycles. The third-order valence-electron chi connectivity index (χ3n) is 6.95. The summed E-state index contributed by atoms with van der Waals surface area (Å²) >= 11 is 12.4. The number of carbonyl (C=O) groups excluding carboxylic acids is 2. The summed E-state index contributed by atoms with van der Waals surface area (Å²) in [5, 5.41) is 3.54. The summed E-state index contributed by atoms with van der Waals surface area (Å²) < 4.78 is 40.3. The number of anilines is 1. The van der Waals surface area contributed by atoms with E-state index >= 15 is 0 Å². The van der Waals surface area contributed by atoms with Gasteiger partial charge in [-0.05, 0) is 61.2 Å². The van der Waals surface area contributed by atoms with Gasteiger partial charge in [-0.2, -0.15) is 0 Å². The molecular weight excluding hydrogens is 625 g/mol. The first-order chi connectivity index (χ1) is 20.8. The molecule has 0 aliphatic rings. The van der Waals surface area contributed by atoms with Gasteiger partial charge in [-0.3, -0.25) is 13.9 Å². The highest BCUT2D eigenvalue weighted by atomic mass is 35.5. The summed E-state index contributed by atoms with van der Waals surface area (Å²) in [6.07, 6.45) is 0.282. The van der Waals surface area contributed by atoms with Crippen LogP contribution in [0.3, 0.4) is 0 Å². The van der Waals surface area contributed by atoms with E-state index in [0.29, 0.717) is 27.9 Å². The number of methoxy groups -OCH3 is 2. The van der Waals surface area contributed by atoms with Crippen LogP contribution in [-0.2, 0) is 26.2 Å². The molecule has 2 amide bonds. The molecule has 0 aliphatic heterocycles. The largest absolute Gasteiger partial charge is 0.497 e. The van der Waals surface area contributed by atoms with Crippen LogP contribution in [0.4, 0.5) is 5.69 Å². The maximum atomic E-state index is 14.3. The Morgan fingerprint density at radius 1 is 0.932 bits per heavy atom. The van der Waals surface area contributed by atoms with Crippen LogP contribution in [0.2, 0.25) is 10.0 Å². The van der Waals surface area contributed by atoms with Crippen molar-refractivity contribution >= 4 is 50.7 Å². The van der Waals surface area contributed by atoms with Crippen LogP contribution in [0, 0.1) is 12.8 Å². The molecule has 9 nitrogen and oxygen atoms in total. The lowest BCUT2D eigenvalue weighted by atomic mass is 10.1. The predicted octanol–water partition coefficient (Wildman–Crippen LogP) is 6.09. The molecule has 0 aromatic heterocycles. The number of hydrogen-bond acceptors (Lipinski definition) is 6. The van der Waals surface area contributed by atoms with Crippen molar-refractivity contribution in [1.82, 2.24) is 10.2 Å². The second-order valence-electron chi connectivity index (χ2n) is 10.7. The average molecular weight is 665 g/mol. The zero-order chi connectivity index (χ0) is 32.6. The molecular formula is C32H39Cl2N3O6S. The van der Waals surface area contributed by atoms with Gasteiger partial charge in [0.15, 0.2) is 0 Å². The molecule has 0 aliphatic carbocycles. The quantitative estimate of drug-likeness (QED) is 0.224. The number of sulfonamides is 1. The van der Waals surface area contributed by atoms with E-state index in [4.69, 9.17) is 32.7 Å². The van der Waals surface area contributed by atoms with Crippen molar-refractivity contribution in [3.63, 3.8) is 0 Å². The van der Waals surface area contributed by atoms with Crippen molar-refractivity contribution in [2.24, 2.45) is 5.92 Å². The van der Waals surface area contributed by atoms with Gasteiger partial charge in [-0.1, -0.05) is 67.7 Å². The molecule has 0 bridgehead atoms. The minimum Gasteiger partial charge on any atom is -0.497 e. The molecule has 0 unspecified atom stereocenters. The first-order valence-electron chi connectivity index (χ1n) is 14.1. The van der Waals surface area contributed by atoms with Gasteiger partial charge in [0.1, 0.15) is 24.1 Å². The van der Waals surface area contributed by atoms with Gasteiger partial charge >= 0.3 is 0 Å². The summed E-state index contributed by atoms with van der Waals surface area (Å²) in [5.74, 6) is -0.187. The summed E-state index contributed by atoms with van der Waals surface area (Å²) in [5.41, 5.74) is 1.60. The van der Waals surface area contributed by atoms with Crippen LogP contribution in [0.1, 0.15) is 38.3 Å². The highest BCUT2D eigenvalue weighted by molar-refractivity contribution is 7.92. The minimum absolute atomic E-state index is 0.0153. The fourth-order valence-corrected chi connectivity index (χ4v) is 6.26. The van der Waals surface area contributed by atoms with Crippen LogP contribution in [0.25, 0.3) is 0 Å². The van der Waals surface area contributed by atoms with Crippen LogP contribution in [-0.4, -0.2) is 58.5 Å². The third kappa shape index (κ3) is 8.58. The average Bonchev–Trinajstić information content (AvgIpc) is 3.00. The molecule has 3 aromatic rings. The lowest BCUT2D eigenvalue weighted by molar-refractivity contribution is -0.140. The predicted molar refractivity (Wildman–Crippen MR) is 174 cm³/mol. The van der Waals surface area contributed by atoms with E-state index in [1.165, 1.54) is 37.3 Å². The Bertz CT molecular complexity index is 1560. The minimum atomic E-state index is -4.31. The molecule has 0 spiro atoms. The highest BCUT2D eigenvalue weighted by Gasteiger charge is 2.35. The summed E-state index contributed by atoms with van der Waals surface area (Å²) in [6.45, 7) is 7.34. The van der Waals surface area contributed by atoms with E-state index < -0.39 is 28.5 Å². The van der Waals surface area contributed by atoms with Crippen molar-refractivity contribution in [1.29, 1.82) is 0 Å². The second kappa shape index (κ2) is 15.5. The number of ether oxygens (including phenoxy) is 2. The van der Waals surface area contributed by atoms with Gasteiger partial charge in [0.05, 0.1) is 34.8 Å². The number of nitrogens with zero attached hydrogens (tertiary/aromatic N) is 2. The molecule has 3 rings (SSSR count). The molecule has 238 valence electrons. The Balaban J connectivity index is 2.15. The first-order valence-corrected chi connectivity index (χ1v) is 16.3. The standard InChI is InChI=1S/C32H39Cl2N3O6S/c1-7-28(32(39)35-18-21(2)3)36(19-23-10-14-26(33)27(34)16-23)31(38)20-37(29-17-24(42-5)11-15-30(29)43-6)44(40,41)25-12-8-22(4)9-13-25/h8-17,21,28H,7,18-20H2,1-6H3,(H,35,39)/t28-/m1/s1. The number of nitrogens with one attached hydrogen (secondary N) is 1. The topological polar surface area (TPSA) is 105 Å². The van der Waals surface area contributed by atoms with Gasteiger partial charge in [-0.25, -0.2) is 8.42 Å². The number of carbonyl (C=O) groups is 2. The highest BCUT2D eigenvalue weighted by Crippen LogP contribution is 2.36. The molecule has 1 atom stereocenters.